The number of esters is 1. The molecule has 102 valence electrons. The van der Waals surface area contributed by atoms with Crippen molar-refractivity contribution in [2.45, 2.75) is 18.9 Å². The second kappa shape index (κ2) is 5.05. The summed E-state index contributed by atoms with van der Waals surface area (Å²) in [7, 11) is 0. The van der Waals surface area contributed by atoms with Gasteiger partial charge >= 0.3 is 5.97 Å². The third-order valence-corrected chi connectivity index (χ3v) is 2.58. The van der Waals surface area contributed by atoms with E-state index in [1.54, 1.807) is 0 Å². The van der Waals surface area contributed by atoms with Crippen LogP contribution in [0.25, 0.3) is 0 Å². The average Bonchev–Trinajstić information content (AvgIpc) is 3.16. The molecule has 1 aliphatic carbocycles. The number of carbonyl (C=O) groups is 2. The van der Waals surface area contributed by atoms with Gasteiger partial charge in [-0.3, -0.25) is 4.79 Å². The molecule has 0 heterocycles. The van der Waals surface area contributed by atoms with E-state index < -0.39 is 35.7 Å². The Labute approximate surface area is 108 Å². The van der Waals surface area contributed by atoms with Crippen molar-refractivity contribution in [2.75, 3.05) is 6.61 Å². The van der Waals surface area contributed by atoms with E-state index >= 15 is 0 Å². The molecule has 0 aliphatic heterocycles. The zero-order valence-electron chi connectivity index (χ0n) is 9.92. The van der Waals surface area contributed by atoms with Gasteiger partial charge in [0.1, 0.15) is 0 Å². The molecule has 1 saturated carbocycles. The zero-order valence-corrected chi connectivity index (χ0v) is 9.92. The molecule has 0 saturated heterocycles. The maximum Gasteiger partial charge on any atom is 0.338 e. The highest BCUT2D eigenvalue weighted by Crippen LogP contribution is 2.35. The van der Waals surface area contributed by atoms with Gasteiger partial charge in [0.2, 0.25) is 0 Å². The number of benzene rings is 1. The monoisotopic (exact) mass is 267 g/mol. The van der Waals surface area contributed by atoms with Gasteiger partial charge in [-0.15, -0.1) is 0 Å². The molecule has 1 amide bonds. The standard InChI is InChI=1S/C12H13NO6/c14-8-3-6(4-9(15)11(8)17)12(18)19-5-10(16)13-7-1-2-7/h3-4,7,14-15,17H,1-2,5H2,(H,13,16). The highest BCUT2D eigenvalue weighted by molar-refractivity contribution is 5.92. The normalized spacial score (nSPS) is 13.9. The fraction of sp³-hybridized carbons (Fsp3) is 0.333. The smallest absolute Gasteiger partial charge is 0.338 e. The highest BCUT2D eigenvalue weighted by atomic mass is 16.5. The topological polar surface area (TPSA) is 116 Å². The number of carbonyl (C=O) groups excluding carboxylic acids is 2. The van der Waals surface area contributed by atoms with Crippen molar-refractivity contribution in [1.82, 2.24) is 5.32 Å². The lowest BCUT2D eigenvalue weighted by atomic mass is 10.2. The summed E-state index contributed by atoms with van der Waals surface area (Å²) in [4.78, 5) is 22.9. The van der Waals surface area contributed by atoms with Gasteiger partial charge in [0.25, 0.3) is 5.91 Å². The van der Waals surface area contributed by atoms with Crippen LogP contribution in [0.3, 0.4) is 0 Å². The van der Waals surface area contributed by atoms with E-state index in [9.17, 15) is 19.8 Å². The number of rotatable bonds is 4. The number of phenolic OH excluding ortho intramolecular Hbond substituents is 3. The minimum absolute atomic E-state index is 0.160. The van der Waals surface area contributed by atoms with Crippen LogP contribution in [0.15, 0.2) is 12.1 Å². The van der Waals surface area contributed by atoms with Crippen LogP contribution >= 0.6 is 0 Å². The second-order valence-corrected chi connectivity index (χ2v) is 4.28. The predicted octanol–water partition coefficient (Wildman–Crippen LogP) is 0.239. The van der Waals surface area contributed by atoms with Crippen LogP contribution in [0, 0.1) is 0 Å². The number of hydrogen-bond donors (Lipinski definition) is 4. The molecule has 0 bridgehead atoms. The first-order valence-electron chi connectivity index (χ1n) is 5.69. The minimum atomic E-state index is -0.878. The van der Waals surface area contributed by atoms with Crippen molar-refractivity contribution in [1.29, 1.82) is 0 Å². The van der Waals surface area contributed by atoms with Crippen molar-refractivity contribution >= 4 is 11.9 Å². The van der Waals surface area contributed by atoms with Gasteiger partial charge in [0.15, 0.2) is 23.9 Å². The summed E-state index contributed by atoms with van der Waals surface area (Å²) >= 11 is 0. The molecule has 1 fully saturated rings. The van der Waals surface area contributed by atoms with Crippen LogP contribution in [-0.4, -0.2) is 39.8 Å². The van der Waals surface area contributed by atoms with E-state index in [1.165, 1.54) is 0 Å². The molecule has 7 heteroatoms. The lowest BCUT2D eigenvalue weighted by Crippen LogP contribution is -2.30. The van der Waals surface area contributed by atoms with Gasteiger partial charge < -0.3 is 25.4 Å². The quantitative estimate of drug-likeness (QED) is 0.458. The fourth-order valence-electron chi connectivity index (χ4n) is 1.43. The van der Waals surface area contributed by atoms with Crippen LogP contribution in [0.4, 0.5) is 0 Å². The first-order valence-corrected chi connectivity index (χ1v) is 5.69. The zero-order chi connectivity index (χ0) is 14.0. The molecule has 4 N–H and O–H groups in total. The molecular weight excluding hydrogens is 254 g/mol. The van der Waals surface area contributed by atoms with Gasteiger partial charge in [0, 0.05) is 6.04 Å². The molecule has 1 aromatic rings. The molecule has 0 spiro atoms. The first-order chi connectivity index (χ1) is 8.97. The van der Waals surface area contributed by atoms with Crippen LogP contribution in [0.1, 0.15) is 23.2 Å². The van der Waals surface area contributed by atoms with Gasteiger partial charge in [0.05, 0.1) is 5.56 Å². The number of phenols is 3. The summed E-state index contributed by atoms with van der Waals surface area (Å²) in [5, 5.41) is 30.2. The maximum atomic E-state index is 11.6. The van der Waals surface area contributed by atoms with Gasteiger partial charge in [-0.25, -0.2) is 4.79 Å². The van der Waals surface area contributed by atoms with E-state index in [1.807, 2.05) is 0 Å². The molecular formula is C12H13NO6. The molecule has 0 radical (unpaired) electrons. The van der Waals surface area contributed by atoms with E-state index in [0.717, 1.165) is 25.0 Å². The Kier molecular flexibility index (Phi) is 3.46. The number of hydrogen-bond acceptors (Lipinski definition) is 6. The van der Waals surface area contributed by atoms with E-state index in [2.05, 4.69) is 5.32 Å². The molecule has 0 aromatic heterocycles. The molecule has 0 atom stereocenters. The highest BCUT2D eigenvalue weighted by Gasteiger charge is 2.24. The van der Waals surface area contributed by atoms with Crippen molar-refractivity contribution in [2.24, 2.45) is 0 Å². The summed E-state index contributed by atoms with van der Waals surface area (Å²) < 4.78 is 4.71. The van der Waals surface area contributed by atoms with Crippen LogP contribution in [0.5, 0.6) is 17.2 Å². The number of nitrogens with one attached hydrogen (secondary N) is 1. The Morgan fingerprint density at radius 3 is 2.32 bits per heavy atom. The third-order valence-electron chi connectivity index (χ3n) is 2.58. The third kappa shape index (κ3) is 3.27. The summed E-state index contributed by atoms with van der Waals surface area (Å²) in [6.07, 6.45) is 1.86. The maximum absolute atomic E-state index is 11.6. The minimum Gasteiger partial charge on any atom is -0.504 e. The Balaban J connectivity index is 1.93. The van der Waals surface area contributed by atoms with Crippen LogP contribution < -0.4 is 5.32 Å². The molecule has 0 unspecified atom stereocenters. The predicted molar refractivity (Wildman–Crippen MR) is 62.9 cm³/mol. The van der Waals surface area contributed by atoms with E-state index in [4.69, 9.17) is 9.84 Å². The summed E-state index contributed by atoms with van der Waals surface area (Å²) in [5.41, 5.74) is -0.160. The van der Waals surface area contributed by atoms with Gasteiger partial charge in [-0.05, 0) is 25.0 Å². The number of ether oxygens (including phenoxy) is 1. The summed E-state index contributed by atoms with van der Waals surface area (Å²) in [5.74, 6) is -3.29. The Morgan fingerprint density at radius 2 is 1.79 bits per heavy atom. The lowest BCUT2D eigenvalue weighted by molar-refractivity contribution is -0.124. The molecule has 19 heavy (non-hydrogen) atoms. The van der Waals surface area contributed by atoms with Gasteiger partial charge in [-0.1, -0.05) is 0 Å². The molecule has 2 rings (SSSR count). The van der Waals surface area contributed by atoms with E-state index in [-0.39, 0.29) is 11.6 Å². The Bertz CT molecular complexity index is 500. The SMILES string of the molecule is O=C(COC(=O)c1cc(O)c(O)c(O)c1)NC1CC1. The first kappa shape index (κ1) is 13.0. The van der Waals surface area contributed by atoms with Crippen molar-refractivity contribution in [3.05, 3.63) is 17.7 Å². The van der Waals surface area contributed by atoms with E-state index in [0.29, 0.717) is 0 Å². The Morgan fingerprint density at radius 1 is 1.21 bits per heavy atom. The summed E-state index contributed by atoms with van der Waals surface area (Å²) in [6.45, 7) is -0.433. The van der Waals surface area contributed by atoms with Crippen molar-refractivity contribution in [3.63, 3.8) is 0 Å². The average molecular weight is 267 g/mol. The number of amides is 1. The fourth-order valence-corrected chi connectivity index (χ4v) is 1.43. The van der Waals surface area contributed by atoms with Crippen molar-refractivity contribution in [3.8, 4) is 17.2 Å². The summed E-state index contributed by atoms with van der Waals surface area (Å²) in [6, 6.07) is 2.06. The van der Waals surface area contributed by atoms with Crippen LogP contribution in [0.2, 0.25) is 0 Å². The number of aromatic hydroxyl groups is 3. The van der Waals surface area contributed by atoms with Crippen LogP contribution in [-0.2, 0) is 9.53 Å². The second-order valence-electron chi connectivity index (χ2n) is 4.28. The lowest BCUT2D eigenvalue weighted by Gasteiger charge is -2.07. The molecule has 7 nitrogen and oxygen atoms in total. The molecule has 1 aliphatic rings. The largest absolute Gasteiger partial charge is 0.504 e. The molecule has 1 aromatic carbocycles. The van der Waals surface area contributed by atoms with Gasteiger partial charge in [-0.2, -0.15) is 0 Å². The Hall–Kier alpha value is -2.44. The van der Waals surface area contributed by atoms with Crippen molar-refractivity contribution < 1.29 is 29.6 Å².